The SMILES string of the molecule is N[C@@H](CCC(=O)N[C@@H](CCC=O)C(=O)O)C(=O)O. The summed E-state index contributed by atoms with van der Waals surface area (Å²) in [4.78, 5) is 42.6. The summed E-state index contributed by atoms with van der Waals surface area (Å²) >= 11 is 0. The van der Waals surface area contributed by atoms with Crippen molar-refractivity contribution in [3.05, 3.63) is 0 Å². The van der Waals surface area contributed by atoms with Gasteiger partial charge < -0.3 is 26.1 Å². The summed E-state index contributed by atoms with van der Waals surface area (Å²) in [7, 11) is 0. The predicted molar refractivity (Wildman–Crippen MR) is 59.7 cm³/mol. The van der Waals surface area contributed by atoms with E-state index in [1.54, 1.807) is 0 Å². The number of hydrogen-bond donors (Lipinski definition) is 4. The van der Waals surface area contributed by atoms with Crippen LogP contribution in [0.3, 0.4) is 0 Å². The van der Waals surface area contributed by atoms with Crippen LogP contribution in [0.25, 0.3) is 0 Å². The van der Waals surface area contributed by atoms with Gasteiger partial charge >= 0.3 is 11.9 Å². The van der Waals surface area contributed by atoms with Crippen molar-refractivity contribution in [3.8, 4) is 0 Å². The molecule has 0 saturated heterocycles. The van der Waals surface area contributed by atoms with Crippen LogP contribution in [0.15, 0.2) is 0 Å². The van der Waals surface area contributed by atoms with E-state index in [2.05, 4.69) is 5.32 Å². The molecule has 0 radical (unpaired) electrons. The molecule has 0 aliphatic heterocycles. The van der Waals surface area contributed by atoms with E-state index in [1.165, 1.54) is 0 Å². The first kappa shape index (κ1) is 16.0. The van der Waals surface area contributed by atoms with Crippen LogP contribution in [0.5, 0.6) is 0 Å². The quantitative estimate of drug-likeness (QED) is 0.378. The molecule has 0 unspecified atom stereocenters. The molecule has 0 aromatic rings. The second-order valence-corrected chi connectivity index (χ2v) is 3.69. The molecule has 0 spiro atoms. The van der Waals surface area contributed by atoms with Gasteiger partial charge in [-0.05, 0) is 12.8 Å². The Labute approximate surface area is 103 Å². The van der Waals surface area contributed by atoms with E-state index in [4.69, 9.17) is 15.9 Å². The lowest BCUT2D eigenvalue weighted by molar-refractivity contribution is -0.142. The first-order valence-electron chi connectivity index (χ1n) is 5.32. The molecule has 1 amide bonds. The molecule has 0 fully saturated rings. The number of amides is 1. The van der Waals surface area contributed by atoms with Crippen molar-refractivity contribution in [1.29, 1.82) is 0 Å². The number of aldehydes is 1. The van der Waals surface area contributed by atoms with Crippen LogP contribution in [0, 0.1) is 0 Å². The number of rotatable bonds is 9. The number of carboxylic acids is 2. The topological polar surface area (TPSA) is 147 Å². The fraction of sp³-hybridized carbons (Fsp3) is 0.600. The Kier molecular flexibility index (Phi) is 7.29. The molecule has 0 aliphatic rings. The lowest BCUT2D eigenvalue weighted by Gasteiger charge is -2.13. The highest BCUT2D eigenvalue weighted by atomic mass is 16.4. The van der Waals surface area contributed by atoms with E-state index < -0.39 is 29.9 Å². The van der Waals surface area contributed by atoms with Gasteiger partial charge in [0.1, 0.15) is 18.4 Å². The summed E-state index contributed by atoms with van der Waals surface area (Å²) in [6.45, 7) is 0. The van der Waals surface area contributed by atoms with Crippen molar-refractivity contribution in [2.45, 2.75) is 37.8 Å². The average molecular weight is 260 g/mol. The summed E-state index contributed by atoms with van der Waals surface area (Å²) in [5, 5.41) is 19.5. The molecule has 0 aliphatic carbocycles. The molecule has 0 saturated carbocycles. The van der Waals surface area contributed by atoms with Gasteiger partial charge in [-0.15, -0.1) is 0 Å². The fourth-order valence-corrected chi connectivity index (χ4v) is 1.17. The maximum Gasteiger partial charge on any atom is 0.326 e. The zero-order chi connectivity index (χ0) is 14.1. The summed E-state index contributed by atoms with van der Waals surface area (Å²) in [6.07, 6.45) is 0.309. The summed E-state index contributed by atoms with van der Waals surface area (Å²) in [5.41, 5.74) is 5.19. The van der Waals surface area contributed by atoms with Crippen molar-refractivity contribution in [2.24, 2.45) is 5.73 Å². The third-order valence-electron chi connectivity index (χ3n) is 2.21. The van der Waals surface area contributed by atoms with Gasteiger partial charge in [0.15, 0.2) is 0 Å². The number of carbonyl (C=O) groups excluding carboxylic acids is 2. The normalized spacial score (nSPS) is 13.4. The van der Waals surface area contributed by atoms with Crippen LogP contribution in [-0.4, -0.2) is 46.4 Å². The standard InChI is InChI=1S/C10H16N2O6/c11-6(9(15)16)3-4-8(14)12-7(10(17)18)2-1-5-13/h5-7H,1-4,11H2,(H,12,14)(H,15,16)(H,17,18)/t6-,7-/m0/s1. The summed E-state index contributed by atoms with van der Waals surface area (Å²) in [5.74, 6) is -3.07. The fourth-order valence-electron chi connectivity index (χ4n) is 1.17. The number of carbonyl (C=O) groups is 4. The molecular formula is C10H16N2O6. The van der Waals surface area contributed by atoms with E-state index in [-0.39, 0.29) is 25.7 Å². The highest BCUT2D eigenvalue weighted by Crippen LogP contribution is 1.99. The summed E-state index contributed by atoms with van der Waals surface area (Å²) in [6, 6.07) is -2.31. The van der Waals surface area contributed by atoms with Crippen molar-refractivity contribution < 1.29 is 29.4 Å². The Bertz CT molecular complexity index is 330. The highest BCUT2D eigenvalue weighted by Gasteiger charge is 2.20. The predicted octanol–water partition coefficient (Wildman–Crippen LogP) is -1.27. The zero-order valence-electron chi connectivity index (χ0n) is 9.67. The van der Waals surface area contributed by atoms with Gasteiger partial charge in [-0.2, -0.15) is 0 Å². The number of hydrogen-bond acceptors (Lipinski definition) is 5. The van der Waals surface area contributed by atoms with Crippen LogP contribution in [0.1, 0.15) is 25.7 Å². The Hall–Kier alpha value is -1.96. The monoisotopic (exact) mass is 260 g/mol. The molecule has 8 heteroatoms. The lowest BCUT2D eigenvalue weighted by Crippen LogP contribution is -2.41. The minimum Gasteiger partial charge on any atom is -0.480 e. The Morgan fingerprint density at radius 2 is 1.78 bits per heavy atom. The minimum absolute atomic E-state index is 0.00441. The minimum atomic E-state index is -1.24. The highest BCUT2D eigenvalue weighted by molar-refractivity contribution is 5.84. The Balaban J connectivity index is 4.13. The van der Waals surface area contributed by atoms with Gasteiger partial charge in [0.25, 0.3) is 0 Å². The third-order valence-corrected chi connectivity index (χ3v) is 2.21. The summed E-state index contributed by atoms with van der Waals surface area (Å²) < 4.78 is 0. The molecular weight excluding hydrogens is 244 g/mol. The molecule has 0 aromatic carbocycles. The van der Waals surface area contributed by atoms with Gasteiger partial charge in [-0.1, -0.05) is 0 Å². The maximum atomic E-state index is 11.3. The third kappa shape index (κ3) is 6.59. The van der Waals surface area contributed by atoms with Crippen molar-refractivity contribution in [1.82, 2.24) is 5.32 Å². The van der Waals surface area contributed by atoms with E-state index in [9.17, 15) is 19.2 Å². The maximum absolute atomic E-state index is 11.3. The van der Waals surface area contributed by atoms with Crippen LogP contribution in [-0.2, 0) is 19.2 Å². The van der Waals surface area contributed by atoms with Gasteiger partial charge in [0, 0.05) is 12.8 Å². The number of nitrogens with one attached hydrogen (secondary N) is 1. The van der Waals surface area contributed by atoms with Crippen molar-refractivity contribution >= 4 is 24.1 Å². The van der Waals surface area contributed by atoms with E-state index >= 15 is 0 Å². The Morgan fingerprint density at radius 1 is 1.17 bits per heavy atom. The largest absolute Gasteiger partial charge is 0.480 e. The molecule has 2 atom stereocenters. The number of carboxylic acid groups (broad SMARTS) is 2. The molecule has 0 bridgehead atoms. The lowest BCUT2D eigenvalue weighted by atomic mass is 10.1. The van der Waals surface area contributed by atoms with Crippen molar-refractivity contribution in [3.63, 3.8) is 0 Å². The molecule has 8 nitrogen and oxygen atoms in total. The molecule has 5 N–H and O–H groups in total. The first-order chi connectivity index (χ1) is 8.38. The van der Waals surface area contributed by atoms with Gasteiger partial charge in [0.2, 0.25) is 5.91 Å². The smallest absolute Gasteiger partial charge is 0.326 e. The first-order valence-corrected chi connectivity index (χ1v) is 5.32. The zero-order valence-corrected chi connectivity index (χ0v) is 9.67. The number of aliphatic carboxylic acids is 2. The van der Waals surface area contributed by atoms with Crippen molar-refractivity contribution in [2.75, 3.05) is 0 Å². The van der Waals surface area contributed by atoms with Gasteiger partial charge in [-0.25, -0.2) is 4.79 Å². The van der Waals surface area contributed by atoms with Crippen LogP contribution >= 0.6 is 0 Å². The van der Waals surface area contributed by atoms with E-state index in [0.717, 1.165) is 0 Å². The van der Waals surface area contributed by atoms with Crippen LogP contribution < -0.4 is 11.1 Å². The van der Waals surface area contributed by atoms with Crippen LogP contribution in [0.4, 0.5) is 0 Å². The molecule has 0 rings (SSSR count). The molecule has 18 heavy (non-hydrogen) atoms. The second kappa shape index (κ2) is 8.18. The Morgan fingerprint density at radius 3 is 2.22 bits per heavy atom. The van der Waals surface area contributed by atoms with Gasteiger partial charge in [-0.3, -0.25) is 9.59 Å². The van der Waals surface area contributed by atoms with E-state index in [0.29, 0.717) is 6.29 Å². The average Bonchev–Trinajstić information content (AvgIpc) is 2.30. The van der Waals surface area contributed by atoms with Gasteiger partial charge in [0.05, 0.1) is 0 Å². The van der Waals surface area contributed by atoms with Crippen LogP contribution in [0.2, 0.25) is 0 Å². The van der Waals surface area contributed by atoms with E-state index in [1.807, 2.05) is 0 Å². The molecule has 102 valence electrons. The molecule has 0 aromatic heterocycles. The number of nitrogens with two attached hydrogens (primary N) is 1. The molecule has 0 heterocycles. The second-order valence-electron chi connectivity index (χ2n) is 3.69.